The summed E-state index contributed by atoms with van der Waals surface area (Å²) in [5.74, 6) is 0.563. The Morgan fingerprint density at radius 1 is 0.560 bits per heavy atom. The van der Waals surface area contributed by atoms with Gasteiger partial charge in [-0.25, -0.2) is 0 Å². The molecule has 0 aliphatic carbocycles. The second-order valence-electron chi connectivity index (χ2n) is 12.3. The maximum absolute atomic E-state index is 3.06. The number of hydrogen-bond acceptors (Lipinski definition) is 0. The average Bonchev–Trinajstić information content (AvgIpc) is 3.73. The van der Waals surface area contributed by atoms with E-state index in [1.807, 2.05) is 0 Å². The predicted octanol–water partition coefficient (Wildman–Crippen LogP) is 14.1. The van der Waals surface area contributed by atoms with Crippen molar-refractivity contribution in [1.29, 1.82) is 0 Å². The van der Waals surface area contributed by atoms with Crippen molar-refractivity contribution >= 4 is 74.8 Å². The van der Waals surface area contributed by atoms with Gasteiger partial charge in [-0.3, -0.25) is 0 Å². The van der Waals surface area contributed by atoms with E-state index in [9.17, 15) is 0 Å². The summed E-state index contributed by atoms with van der Waals surface area (Å²) in [4.78, 5) is 0. The summed E-state index contributed by atoms with van der Waals surface area (Å²) in [6, 6.07) is 51.0. The quantitative estimate of drug-likeness (QED) is 0.123. The summed E-state index contributed by atoms with van der Waals surface area (Å²) >= 11 is 1.36. The number of fused-ring (bicyclic) bond motifs is 4. The van der Waals surface area contributed by atoms with Crippen molar-refractivity contribution < 1.29 is 23.3 Å². The Kier molecular flexibility index (Phi) is 16.6. The number of hydrogen-bond donors (Lipinski definition) is 0. The SMILES string of the molecule is CC(C)c1cc2c(-c3cccc4ccccc34)cccc2[cH-]1.CCc1ccc(-c2cccc3ccccc23)c2cc(C)[cH-]c12.Cl.Cl.[CH3-].[CH3-].[Si]=[Zr]. The van der Waals surface area contributed by atoms with E-state index < -0.39 is 0 Å². The molecular weight excluding hydrogens is 743 g/mol. The Labute approximate surface area is 329 Å². The van der Waals surface area contributed by atoms with Crippen LogP contribution in [-0.2, 0) is 29.8 Å². The van der Waals surface area contributed by atoms with E-state index in [1.54, 1.807) is 0 Å². The molecule has 256 valence electrons. The molecule has 2 radical (unpaired) electrons. The molecule has 0 nitrogen and oxygen atoms in total. The summed E-state index contributed by atoms with van der Waals surface area (Å²) in [6.07, 6.45) is 1.08. The van der Waals surface area contributed by atoms with Crippen LogP contribution < -0.4 is 0 Å². The molecule has 0 spiro atoms. The first-order valence-electron chi connectivity index (χ1n) is 16.1. The van der Waals surface area contributed by atoms with Gasteiger partial charge in [0.15, 0.2) is 0 Å². The van der Waals surface area contributed by atoms with E-state index >= 15 is 0 Å². The van der Waals surface area contributed by atoms with Crippen LogP contribution in [0.2, 0.25) is 0 Å². The molecule has 8 aromatic rings. The molecule has 0 atom stereocenters. The van der Waals surface area contributed by atoms with Crippen LogP contribution in [0, 0.1) is 21.8 Å². The molecule has 0 aromatic heterocycles. The molecule has 4 heteroatoms. The van der Waals surface area contributed by atoms with Crippen LogP contribution in [0.5, 0.6) is 0 Å². The van der Waals surface area contributed by atoms with Crippen molar-refractivity contribution in [2.45, 2.75) is 40.0 Å². The van der Waals surface area contributed by atoms with Crippen LogP contribution >= 0.6 is 24.8 Å². The summed E-state index contributed by atoms with van der Waals surface area (Å²) in [5.41, 5.74) is 9.53. The van der Waals surface area contributed by atoms with Gasteiger partial charge in [-0.1, -0.05) is 142 Å². The van der Waals surface area contributed by atoms with E-state index in [-0.39, 0.29) is 39.7 Å². The van der Waals surface area contributed by atoms with Crippen molar-refractivity contribution in [3.05, 3.63) is 171 Å². The molecule has 0 saturated carbocycles. The van der Waals surface area contributed by atoms with Crippen LogP contribution in [0.3, 0.4) is 0 Å². The summed E-state index contributed by atoms with van der Waals surface area (Å²) < 4.78 is 0. The zero-order valence-electron chi connectivity index (χ0n) is 29.9. The monoisotopic (exact) mass is 786 g/mol. The minimum absolute atomic E-state index is 0. The van der Waals surface area contributed by atoms with E-state index in [0.29, 0.717) is 5.92 Å². The van der Waals surface area contributed by atoms with Gasteiger partial charge in [-0.2, -0.15) is 12.1 Å². The van der Waals surface area contributed by atoms with Crippen molar-refractivity contribution in [2.75, 3.05) is 0 Å². The molecule has 0 saturated heterocycles. The van der Waals surface area contributed by atoms with Crippen molar-refractivity contribution in [3.8, 4) is 22.3 Å². The third kappa shape index (κ3) is 8.60. The van der Waals surface area contributed by atoms with Gasteiger partial charge >= 0.3 is 30.2 Å². The fraction of sp³-hybridized carbons (Fsp3) is 0.130. The van der Waals surface area contributed by atoms with Gasteiger partial charge in [0.2, 0.25) is 0 Å². The molecule has 50 heavy (non-hydrogen) atoms. The van der Waals surface area contributed by atoms with Crippen molar-refractivity contribution in [2.24, 2.45) is 0 Å². The van der Waals surface area contributed by atoms with Gasteiger partial charge in [0.25, 0.3) is 0 Å². The van der Waals surface area contributed by atoms with Gasteiger partial charge in [0, 0.05) is 0 Å². The first kappa shape index (κ1) is 42.9. The van der Waals surface area contributed by atoms with Gasteiger partial charge in [-0.15, -0.1) is 93.4 Å². The Hall–Kier alpha value is -3.26. The van der Waals surface area contributed by atoms with Gasteiger partial charge in [-0.05, 0) is 38.6 Å². The number of benzene rings is 6. The minimum atomic E-state index is 0. The second-order valence-corrected chi connectivity index (χ2v) is 12.3. The van der Waals surface area contributed by atoms with E-state index in [0.717, 1.165) is 6.42 Å². The van der Waals surface area contributed by atoms with E-state index in [2.05, 4.69) is 174 Å². The molecule has 0 aliphatic rings. The topological polar surface area (TPSA) is 0 Å². The Balaban J connectivity index is 0.000000307. The molecule has 0 aliphatic heterocycles. The fourth-order valence-electron chi connectivity index (χ4n) is 6.79. The molecule has 8 aromatic carbocycles. The third-order valence-electron chi connectivity index (χ3n) is 9.10. The zero-order valence-corrected chi connectivity index (χ0v) is 35.0. The summed E-state index contributed by atoms with van der Waals surface area (Å²) in [5, 5.41) is 10.7. The van der Waals surface area contributed by atoms with Crippen LogP contribution in [0.15, 0.2) is 140 Å². The van der Waals surface area contributed by atoms with E-state index in [4.69, 9.17) is 0 Å². The molecule has 0 amide bonds. The molecule has 0 bridgehead atoms. The number of halogens is 2. The molecule has 0 heterocycles. The first-order chi connectivity index (χ1) is 22.5. The van der Waals surface area contributed by atoms with Crippen LogP contribution in [0.4, 0.5) is 0 Å². The van der Waals surface area contributed by atoms with Gasteiger partial charge in [0.1, 0.15) is 0 Å². The average molecular weight is 789 g/mol. The standard InChI is InChI=1S/2C22H19.2CH3.2ClH.Si.Zr/c1-15(2)18-13-17-9-6-12-21(22(17)14-18)20-11-5-8-16-7-3-4-10-19(16)20;1-3-16-11-12-20(22-14-15(2)13-21(16)22)19-10-6-8-17-7-4-5-9-18(17)19;;;;;;/h3-15H,1-2H3;4-14H,3H2,1-2H3;2*1H3;2*1H;;/q4*-1;;;;. The maximum atomic E-state index is 3.06. The first-order valence-corrected chi connectivity index (χ1v) is 20.3. The second kappa shape index (κ2) is 19.4. The predicted molar refractivity (Wildman–Crippen MR) is 226 cm³/mol. The molecular formula is C46H46Cl2SiZr-4. The Morgan fingerprint density at radius 3 is 1.58 bits per heavy atom. The van der Waals surface area contributed by atoms with Crippen LogP contribution in [0.25, 0.3) is 65.3 Å². The summed E-state index contributed by atoms with van der Waals surface area (Å²) in [6.45, 7) is 12.0. The number of rotatable bonds is 4. The van der Waals surface area contributed by atoms with Crippen LogP contribution in [-0.4, -0.2) is 6.88 Å². The van der Waals surface area contributed by atoms with Crippen molar-refractivity contribution in [3.63, 3.8) is 0 Å². The normalized spacial score (nSPS) is 10.2. The molecule has 0 fully saturated rings. The Bertz CT molecular complexity index is 2280. The molecule has 8 rings (SSSR count). The number of aryl methyl sites for hydroxylation is 2. The molecule has 0 unspecified atom stereocenters. The third-order valence-corrected chi connectivity index (χ3v) is 9.10. The van der Waals surface area contributed by atoms with Crippen molar-refractivity contribution in [1.82, 2.24) is 0 Å². The fourth-order valence-corrected chi connectivity index (χ4v) is 6.79. The van der Waals surface area contributed by atoms with Gasteiger partial charge < -0.3 is 14.9 Å². The Morgan fingerprint density at radius 2 is 1.04 bits per heavy atom. The molecule has 0 N–H and O–H groups in total. The summed E-state index contributed by atoms with van der Waals surface area (Å²) in [7, 11) is 0. The van der Waals surface area contributed by atoms with E-state index in [1.165, 1.54) is 105 Å². The van der Waals surface area contributed by atoms with Crippen LogP contribution in [0.1, 0.15) is 43.4 Å². The zero-order chi connectivity index (χ0) is 32.2. The van der Waals surface area contributed by atoms with Gasteiger partial charge in [0.05, 0.1) is 0 Å².